The molecule has 1 fully saturated rings. The van der Waals surface area contributed by atoms with Gasteiger partial charge in [-0.25, -0.2) is 0 Å². The van der Waals surface area contributed by atoms with Gasteiger partial charge in [-0.05, 0) is 18.8 Å². The average Bonchev–Trinajstić information content (AvgIpc) is 2.63. The molecule has 0 heterocycles. The molecule has 0 aliphatic heterocycles. The van der Waals surface area contributed by atoms with Gasteiger partial charge in [-0.15, -0.1) is 0 Å². The Hall–Kier alpha value is -1.10. The SMILES string of the molecule is CC(CC(=O)O)CC(=O)NC1CCCC1CO. The van der Waals surface area contributed by atoms with Crippen LogP contribution in [0.3, 0.4) is 0 Å². The number of hydrogen-bond donors (Lipinski definition) is 3. The van der Waals surface area contributed by atoms with E-state index in [0.29, 0.717) is 0 Å². The zero-order valence-electron chi connectivity index (χ0n) is 10.2. The molecule has 0 aromatic heterocycles. The number of amides is 1. The highest BCUT2D eigenvalue weighted by molar-refractivity contribution is 5.77. The van der Waals surface area contributed by atoms with Crippen LogP contribution in [0.25, 0.3) is 0 Å². The van der Waals surface area contributed by atoms with Gasteiger partial charge < -0.3 is 15.5 Å². The van der Waals surface area contributed by atoms with E-state index in [1.807, 2.05) is 0 Å². The number of aliphatic carboxylic acids is 1. The van der Waals surface area contributed by atoms with Crippen LogP contribution >= 0.6 is 0 Å². The molecule has 5 heteroatoms. The maximum absolute atomic E-state index is 11.7. The number of aliphatic hydroxyl groups excluding tert-OH is 1. The molecule has 1 aliphatic rings. The first-order chi connectivity index (χ1) is 8.02. The van der Waals surface area contributed by atoms with E-state index in [4.69, 9.17) is 10.2 Å². The standard InChI is InChI=1S/C12H21NO4/c1-8(6-12(16)17)5-11(15)13-10-4-2-3-9(10)7-14/h8-10,14H,2-7H2,1H3,(H,13,15)(H,16,17). The number of carboxylic acids is 1. The molecule has 0 aromatic rings. The van der Waals surface area contributed by atoms with Crippen LogP contribution in [0.1, 0.15) is 39.0 Å². The maximum atomic E-state index is 11.7. The predicted molar refractivity (Wildman–Crippen MR) is 62.4 cm³/mol. The van der Waals surface area contributed by atoms with E-state index in [1.165, 1.54) is 0 Å². The van der Waals surface area contributed by atoms with Crippen molar-refractivity contribution in [1.82, 2.24) is 5.32 Å². The van der Waals surface area contributed by atoms with Gasteiger partial charge in [0.1, 0.15) is 0 Å². The summed E-state index contributed by atoms with van der Waals surface area (Å²) in [6.45, 7) is 1.86. The summed E-state index contributed by atoms with van der Waals surface area (Å²) in [4.78, 5) is 22.1. The monoisotopic (exact) mass is 243 g/mol. The Bertz CT molecular complexity index is 280. The van der Waals surface area contributed by atoms with Crippen LogP contribution < -0.4 is 5.32 Å². The minimum Gasteiger partial charge on any atom is -0.481 e. The first-order valence-electron chi connectivity index (χ1n) is 6.15. The lowest BCUT2D eigenvalue weighted by Crippen LogP contribution is -2.39. The summed E-state index contributed by atoms with van der Waals surface area (Å²) in [5.41, 5.74) is 0. The number of hydrogen-bond acceptors (Lipinski definition) is 3. The third-order valence-electron chi connectivity index (χ3n) is 3.30. The Morgan fingerprint density at radius 1 is 1.35 bits per heavy atom. The molecule has 3 N–H and O–H groups in total. The van der Waals surface area contributed by atoms with Crippen LogP contribution in [0, 0.1) is 11.8 Å². The van der Waals surface area contributed by atoms with Crippen molar-refractivity contribution in [3.8, 4) is 0 Å². The summed E-state index contributed by atoms with van der Waals surface area (Å²) in [5, 5.41) is 20.6. The molecule has 17 heavy (non-hydrogen) atoms. The molecule has 0 spiro atoms. The van der Waals surface area contributed by atoms with Gasteiger partial charge in [0, 0.05) is 31.4 Å². The van der Waals surface area contributed by atoms with E-state index in [2.05, 4.69) is 5.32 Å². The van der Waals surface area contributed by atoms with Crippen molar-refractivity contribution >= 4 is 11.9 Å². The molecule has 0 saturated heterocycles. The molecule has 3 atom stereocenters. The fourth-order valence-corrected chi connectivity index (χ4v) is 2.40. The highest BCUT2D eigenvalue weighted by Crippen LogP contribution is 2.25. The van der Waals surface area contributed by atoms with Gasteiger partial charge in [-0.2, -0.15) is 0 Å². The van der Waals surface area contributed by atoms with Crippen molar-refractivity contribution in [2.75, 3.05) is 6.61 Å². The van der Waals surface area contributed by atoms with Gasteiger partial charge in [0.2, 0.25) is 5.91 Å². The van der Waals surface area contributed by atoms with E-state index < -0.39 is 5.97 Å². The largest absolute Gasteiger partial charge is 0.481 e. The first-order valence-corrected chi connectivity index (χ1v) is 6.15. The molecule has 5 nitrogen and oxygen atoms in total. The summed E-state index contributed by atoms with van der Waals surface area (Å²) >= 11 is 0. The second-order valence-electron chi connectivity index (χ2n) is 4.95. The summed E-state index contributed by atoms with van der Waals surface area (Å²) in [6.07, 6.45) is 3.14. The van der Waals surface area contributed by atoms with Crippen LogP contribution in [0.2, 0.25) is 0 Å². The summed E-state index contributed by atoms with van der Waals surface area (Å²) in [6, 6.07) is 0.0597. The van der Waals surface area contributed by atoms with Gasteiger partial charge in [-0.3, -0.25) is 9.59 Å². The highest BCUT2D eigenvalue weighted by atomic mass is 16.4. The first kappa shape index (κ1) is 14.0. The fraction of sp³-hybridized carbons (Fsp3) is 0.833. The Kier molecular flexibility index (Phi) is 5.41. The number of rotatable bonds is 6. The van der Waals surface area contributed by atoms with Crippen molar-refractivity contribution in [2.24, 2.45) is 11.8 Å². The van der Waals surface area contributed by atoms with Crippen LogP contribution in [-0.4, -0.2) is 34.7 Å². The Morgan fingerprint density at radius 2 is 2.06 bits per heavy atom. The third-order valence-corrected chi connectivity index (χ3v) is 3.30. The quantitative estimate of drug-likeness (QED) is 0.643. The minimum atomic E-state index is -0.876. The van der Waals surface area contributed by atoms with Crippen molar-refractivity contribution < 1.29 is 19.8 Å². The van der Waals surface area contributed by atoms with Crippen molar-refractivity contribution in [1.29, 1.82) is 0 Å². The molecular formula is C12H21NO4. The van der Waals surface area contributed by atoms with Crippen LogP contribution in [0.4, 0.5) is 0 Å². The van der Waals surface area contributed by atoms with Gasteiger partial charge in [0.25, 0.3) is 0 Å². The molecule has 1 saturated carbocycles. The molecule has 1 aliphatic carbocycles. The van der Waals surface area contributed by atoms with Crippen molar-refractivity contribution in [3.63, 3.8) is 0 Å². The Labute approximate surface area is 101 Å². The number of aliphatic hydroxyl groups is 1. The van der Waals surface area contributed by atoms with E-state index >= 15 is 0 Å². The summed E-state index contributed by atoms with van der Waals surface area (Å²) in [5.74, 6) is -0.973. The zero-order chi connectivity index (χ0) is 12.8. The van der Waals surface area contributed by atoms with Gasteiger partial charge in [-0.1, -0.05) is 13.3 Å². The lowest BCUT2D eigenvalue weighted by atomic mass is 10.0. The number of carbonyl (C=O) groups excluding carboxylic acids is 1. The Balaban J connectivity index is 2.31. The van der Waals surface area contributed by atoms with Gasteiger partial charge in [0.05, 0.1) is 0 Å². The minimum absolute atomic E-state index is 0.0154. The maximum Gasteiger partial charge on any atom is 0.303 e. The van der Waals surface area contributed by atoms with E-state index in [1.54, 1.807) is 6.92 Å². The topological polar surface area (TPSA) is 86.6 Å². The molecule has 0 bridgehead atoms. The van der Waals surface area contributed by atoms with Crippen LogP contribution in [0.15, 0.2) is 0 Å². The van der Waals surface area contributed by atoms with Crippen molar-refractivity contribution in [2.45, 2.75) is 45.1 Å². The summed E-state index contributed by atoms with van der Waals surface area (Å²) < 4.78 is 0. The van der Waals surface area contributed by atoms with Crippen molar-refractivity contribution in [3.05, 3.63) is 0 Å². The average molecular weight is 243 g/mol. The number of carboxylic acid groups (broad SMARTS) is 1. The molecule has 1 amide bonds. The molecule has 98 valence electrons. The summed E-state index contributed by atoms with van der Waals surface area (Å²) in [7, 11) is 0. The third kappa shape index (κ3) is 4.73. The molecular weight excluding hydrogens is 222 g/mol. The van der Waals surface area contributed by atoms with E-state index in [-0.39, 0.29) is 43.2 Å². The zero-order valence-corrected chi connectivity index (χ0v) is 10.2. The normalized spacial score (nSPS) is 25.5. The molecule has 0 aromatic carbocycles. The second-order valence-corrected chi connectivity index (χ2v) is 4.95. The number of nitrogens with one attached hydrogen (secondary N) is 1. The van der Waals surface area contributed by atoms with Crippen LogP contribution in [0.5, 0.6) is 0 Å². The Morgan fingerprint density at radius 3 is 2.65 bits per heavy atom. The fourth-order valence-electron chi connectivity index (χ4n) is 2.40. The highest BCUT2D eigenvalue weighted by Gasteiger charge is 2.28. The molecule has 0 radical (unpaired) electrons. The van der Waals surface area contributed by atoms with E-state index in [0.717, 1.165) is 19.3 Å². The molecule has 1 rings (SSSR count). The smallest absolute Gasteiger partial charge is 0.303 e. The van der Waals surface area contributed by atoms with E-state index in [9.17, 15) is 9.59 Å². The van der Waals surface area contributed by atoms with Crippen LogP contribution in [-0.2, 0) is 9.59 Å². The molecule has 3 unspecified atom stereocenters. The lowest BCUT2D eigenvalue weighted by Gasteiger charge is -2.19. The van der Waals surface area contributed by atoms with Gasteiger partial charge in [0.15, 0.2) is 0 Å². The second kappa shape index (κ2) is 6.59. The lowest BCUT2D eigenvalue weighted by molar-refractivity contribution is -0.138. The van der Waals surface area contributed by atoms with Gasteiger partial charge >= 0.3 is 5.97 Å². The predicted octanol–water partition coefficient (Wildman–Crippen LogP) is 0.764. The number of carbonyl (C=O) groups is 2.